The lowest BCUT2D eigenvalue weighted by Gasteiger charge is -2.09. The van der Waals surface area contributed by atoms with E-state index >= 15 is 0 Å². The predicted molar refractivity (Wildman–Crippen MR) is 109 cm³/mol. The summed E-state index contributed by atoms with van der Waals surface area (Å²) in [5, 5.41) is 7.69. The summed E-state index contributed by atoms with van der Waals surface area (Å²) in [5.41, 5.74) is 5.19. The lowest BCUT2D eigenvalue weighted by atomic mass is 10.1. The van der Waals surface area contributed by atoms with Crippen LogP contribution < -0.4 is 5.32 Å². The number of carbonyl (C=O) groups is 1. The molecule has 0 aliphatic rings. The van der Waals surface area contributed by atoms with Gasteiger partial charge in [0.1, 0.15) is 5.69 Å². The summed E-state index contributed by atoms with van der Waals surface area (Å²) in [7, 11) is 0. The van der Waals surface area contributed by atoms with Crippen LogP contribution in [0.2, 0.25) is 0 Å². The fraction of sp³-hybridized carbons (Fsp3) is 0.0870. The Balaban J connectivity index is 1.70. The van der Waals surface area contributed by atoms with E-state index in [4.69, 9.17) is 5.10 Å². The quantitative estimate of drug-likeness (QED) is 0.575. The van der Waals surface area contributed by atoms with Crippen molar-refractivity contribution in [3.8, 4) is 16.9 Å². The van der Waals surface area contributed by atoms with Gasteiger partial charge >= 0.3 is 0 Å². The largest absolute Gasteiger partial charge is 0.347 e. The fourth-order valence-electron chi connectivity index (χ4n) is 3.02. The second-order valence-corrected chi connectivity index (χ2v) is 6.57. The molecule has 1 N–H and O–H groups in total. The van der Waals surface area contributed by atoms with Gasteiger partial charge in [0, 0.05) is 24.5 Å². The molecule has 0 radical (unpaired) electrons. The Morgan fingerprint density at radius 1 is 0.964 bits per heavy atom. The molecule has 2 heterocycles. The second-order valence-electron chi connectivity index (χ2n) is 6.57. The Labute approximate surface area is 163 Å². The zero-order valence-corrected chi connectivity index (χ0v) is 15.5. The van der Waals surface area contributed by atoms with Crippen LogP contribution in [-0.4, -0.2) is 20.7 Å². The van der Waals surface area contributed by atoms with Gasteiger partial charge in [-0.15, -0.1) is 0 Å². The summed E-state index contributed by atoms with van der Waals surface area (Å²) in [5.74, 6) is -0.173. The minimum absolute atomic E-state index is 0.173. The van der Waals surface area contributed by atoms with Crippen LogP contribution in [0.5, 0.6) is 0 Å². The van der Waals surface area contributed by atoms with E-state index in [1.165, 1.54) is 0 Å². The number of nitrogens with one attached hydrogen (secondary N) is 1. The minimum Gasteiger partial charge on any atom is -0.347 e. The predicted octanol–water partition coefficient (Wildman–Crippen LogP) is 4.17. The van der Waals surface area contributed by atoms with E-state index in [1.54, 1.807) is 17.1 Å². The summed E-state index contributed by atoms with van der Waals surface area (Å²) < 4.78 is 1.71. The van der Waals surface area contributed by atoms with Crippen molar-refractivity contribution in [3.05, 3.63) is 102 Å². The summed E-state index contributed by atoms with van der Waals surface area (Å²) in [6.07, 6.45) is 3.43. The average molecular weight is 368 g/mol. The Morgan fingerprint density at radius 3 is 2.50 bits per heavy atom. The number of hydrogen-bond donors (Lipinski definition) is 1. The van der Waals surface area contributed by atoms with Crippen molar-refractivity contribution >= 4 is 5.91 Å². The molecule has 5 nitrogen and oxygen atoms in total. The molecular weight excluding hydrogens is 348 g/mol. The molecule has 0 aliphatic heterocycles. The van der Waals surface area contributed by atoms with Gasteiger partial charge in [-0.25, -0.2) is 4.68 Å². The first-order chi connectivity index (χ1) is 13.7. The third-order valence-electron chi connectivity index (χ3n) is 4.46. The molecule has 0 atom stereocenters. The van der Waals surface area contributed by atoms with Crippen LogP contribution >= 0.6 is 0 Å². The second kappa shape index (κ2) is 7.88. The summed E-state index contributed by atoms with van der Waals surface area (Å²) >= 11 is 0. The van der Waals surface area contributed by atoms with Gasteiger partial charge in [0.05, 0.1) is 11.4 Å². The maximum atomic E-state index is 13.0. The van der Waals surface area contributed by atoms with Crippen molar-refractivity contribution < 1.29 is 4.79 Å². The molecule has 0 bridgehead atoms. The van der Waals surface area contributed by atoms with Crippen molar-refractivity contribution in [1.82, 2.24) is 20.1 Å². The van der Waals surface area contributed by atoms with Gasteiger partial charge in [-0.05, 0) is 48.4 Å². The fourth-order valence-corrected chi connectivity index (χ4v) is 3.02. The van der Waals surface area contributed by atoms with E-state index in [1.807, 2.05) is 79.7 Å². The maximum Gasteiger partial charge on any atom is 0.270 e. The standard InChI is InChI=1S/C23H20N4O/c1-17-6-5-9-20(14-17)27-22(15-21(26-27)19-7-3-2-4-8-19)23(28)25-16-18-10-12-24-13-11-18/h2-15H,16H2,1H3,(H,25,28). The number of aryl methyl sites for hydroxylation is 1. The molecule has 2 aromatic carbocycles. The Bertz CT molecular complexity index is 1090. The topological polar surface area (TPSA) is 59.8 Å². The van der Waals surface area contributed by atoms with Gasteiger partial charge in [0.2, 0.25) is 0 Å². The highest BCUT2D eigenvalue weighted by Gasteiger charge is 2.17. The molecule has 1 amide bonds. The lowest BCUT2D eigenvalue weighted by molar-refractivity contribution is 0.0943. The molecule has 0 unspecified atom stereocenters. The van der Waals surface area contributed by atoms with Crippen molar-refractivity contribution in [2.45, 2.75) is 13.5 Å². The lowest BCUT2D eigenvalue weighted by Crippen LogP contribution is -2.25. The molecule has 28 heavy (non-hydrogen) atoms. The number of nitrogens with zero attached hydrogens (tertiary/aromatic N) is 3. The molecule has 0 fully saturated rings. The molecule has 0 saturated carbocycles. The smallest absolute Gasteiger partial charge is 0.270 e. The SMILES string of the molecule is Cc1cccc(-n2nc(-c3ccccc3)cc2C(=O)NCc2ccncc2)c1. The summed E-state index contributed by atoms with van der Waals surface area (Å²) in [4.78, 5) is 17.0. The average Bonchev–Trinajstić information content (AvgIpc) is 3.19. The molecule has 4 aromatic rings. The number of pyridine rings is 1. The first-order valence-corrected chi connectivity index (χ1v) is 9.10. The molecule has 4 rings (SSSR count). The highest BCUT2D eigenvalue weighted by atomic mass is 16.2. The van der Waals surface area contributed by atoms with E-state index in [0.717, 1.165) is 28.1 Å². The first kappa shape index (κ1) is 17.7. The number of aromatic nitrogens is 3. The normalized spacial score (nSPS) is 10.6. The molecule has 0 saturated heterocycles. The van der Waals surface area contributed by atoms with Crippen LogP contribution in [-0.2, 0) is 6.54 Å². The first-order valence-electron chi connectivity index (χ1n) is 9.10. The molecule has 5 heteroatoms. The summed E-state index contributed by atoms with van der Waals surface area (Å²) in [6.45, 7) is 2.45. The third kappa shape index (κ3) is 3.83. The van der Waals surface area contributed by atoms with Crippen LogP contribution in [0.3, 0.4) is 0 Å². The van der Waals surface area contributed by atoms with Gasteiger partial charge in [-0.3, -0.25) is 9.78 Å². The van der Waals surface area contributed by atoms with Gasteiger partial charge in [0.25, 0.3) is 5.91 Å². The van der Waals surface area contributed by atoms with Crippen LogP contribution in [0.1, 0.15) is 21.6 Å². The third-order valence-corrected chi connectivity index (χ3v) is 4.46. The highest BCUT2D eigenvalue weighted by molar-refractivity contribution is 5.94. The van der Waals surface area contributed by atoms with E-state index in [-0.39, 0.29) is 5.91 Å². The van der Waals surface area contributed by atoms with Crippen LogP contribution in [0.25, 0.3) is 16.9 Å². The van der Waals surface area contributed by atoms with Gasteiger partial charge in [-0.1, -0.05) is 42.5 Å². The highest BCUT2D eigenvalue weighted by Crippen LogP contribution is 2.22. The zero-order valence-electron chi connectivity index (χ0n) is 15.5. The summed E-state index contributed by atoms with van der Waals surface area (Å²) in [6, 6.07) is 23.4. The van der Waals surface area contributed by atoms with E-state index in [2.05, 4.69) is 10.3 Å². The van der Waals surface area contributed by atoms with Crippen molar-refractivity contribution in [2.75, 3.05) is 0 Å². The molecule has 138 valence electrons. The minimum atomic E-state index is -0.173. The van der Waals surface area contributed by atoms with E-state index < -0.39 is 0 Å². The van der Waals surface area contributed by atoms with Crippen LogP contribution in [0.15, 0.2) is 85.2 Å². The van der Waals surface area contributed by atoms with E-state index in [9.17, 15) is 4.79 Å². The molecular formula is C23H20N4O. The Morgan fingerprint density at radius 2 is 1.75 bits per heavy atom. The van der Waals surface area contributed by atoms with Gasteiger partial charge < -0.3 is 5.32 Å². The Hall–Kier alpha value is -3.73. The maximum absolute atomic E-state index is 13.0. The Kier molecular flexibility index (Phi) is 4.97. The molecule has 0 spiro atoms. The monoisotopic (exact) mass is 368 g/mol. The molecule has 2 aromatic heterocycles. The van der Waals surface area contributed by atoms with Crippen molar-refractivity contribution in [3.63, 3.8) is 0 Å². The number of benzene rings is 2. The van der Waals surface area contributed by atoms with E-state index in [0.29, 0.717) is 12.2 Å². The van der Waals surface area contributed by atoms with Gasteiger partial charge in [0.15, 0.2) is 0 Å². The number of rotatable bonds is 5. The molecule has 0 aliphatic carbocycles. The van der Waals surface area contributed by atoms with Crippen LogP contribution in [0, 0.1) is 6.92 Å². The number of carbonyl (C=O) groups excluding carboxylic acids is 1. The zero-order chi connectivity index (χ0) is 19.3. The van der Waals surface area contributed by atoms with Crippen LogP contribution in [0.4, 0.5) is 0 Å². The van der Waals surface area contributed by atoms with Gasteiger partial charge in [-0.2, -0.15) is 5.10 Å². The number of hydrogen-bond acceptors (Lipinski definition) is 3. The van der Waals surface area contributed by atoms with Crippen molar-refractivity contribution in [2.24, 2.45) is 0 Å². The van der Waals surface area contributed by atoms with Crippen molar-refractivity contribution in [1.29, 1.82) is 0 Å². The number of amides is 1.